The molecular weight excluding hydrogens is 388 g/mol. The predicted octanol–water partition coefficient (Wildman–Crippen LogP) is 3.75. The molecular formula is C22H26N2O4S. The Morgan fingerprint density at radius 1 is 0.966 bits per heavy atom. The van der Waals surface area contributed by atoms with Crippen LogP contribution in [-0.2, 0) is 9.84 Å². The van der Waals surface area contributed by atoms with Crippen LogP contribution in [0.15, 0.2) is 53.4 Å². The SMILES string of the molecule is CN(C(=O)c1ccc(NC(=O)c2cccc(S(C)(=O)=O)c2)cc1)C1CCCCC1. The minimum Gasteiger partial charge on any atom is -0.339 e. The zero-order valence-electron chi connectivity index (χ0n) is 16.7. The van der Waals surface area contributed by atoms with Gasteiger partial charge in [-0.05, 0) is 55.3 Å². The average molecular weight is 415 g/mol. The highest BCUT2D eigenvalue weighted by atomic mass is 32.2. The first-order valence-electron chi connectivity index (χ1n) is 9.74. The van der Waals surface area contributed by atoms with E-state index in [1.165, 1.54) is 24.6 Å². The lowest BCUT2D eigenvalue weighted by Gasteiger charge is -2.31. The van der Waals surface area contributed by atoms with Crippen LogP contribution in [0, 0.1) is 0 Å². The Morgan fingerprint density at radius 3 is 2.24 bits per heavy atom. The lowest BCUT2D eigenvalue weighted by molar-refractivity contribution is 0.0696. The van der Waals surface area contributed by atoms with E-state index in [1.54, 1.807) is 30.3 Å². The number of amides is 2. The molecule has 154 valence electrons. The molecule has 0 atom stereocenters. The predicted molar refractivity (Wildman–Crippen MR) is 113 cm³/mol. The fourth-order valence-electron chi connectivity index (χ4n) is 3.61. The summed E-state index contributed by atoms with van der Waals surface area (Å²) in [5.74, 6) is -0.426. The molecule has 1 fully saturated rings. The highest BCUT2D eigenvalue weighted by Crippen LogP contribution is 2.23. The third-order valence-electron chi connectivity index (χ3n) is 5.36. The highest BCUT2D eigenvalue weighted by molar-refractivity contribution is 7.90. The third-order valence-corrected chi connectivity index (χ3v) is 6.47. The minimum atomic E-state index is -3.39. The Labute approximate surface area is 171 Å². The molecule has 2 aromatic carbocycles. The van der Waals surface area contributed by atoms with Gasteiger partial charge in [0.2, 0.25) is 0 Å². The normalized spacial score (nSPS) is 15.0. The number of hydrogen-bond donors (Lipinski definition) is 1. The number of sulfone groups is 1. The van der Waals surface area contributed by atoms with Crippen LogP contribution in [0.3, 0.4) is 0 Å². The fourth-order valence-corrected chi connectivity index (χ4v) is 4.27. The van der Waals surface area contributed by atoms with Crippen molar-refractivity contribution < 1.29 is 18.0 Å². The summed E-state index contributed by atoms with van der Waals surface area (Å²) < 4.78 is 23.3. The van der Waals surface area contributed by atoms with Gasteiger partial charge in [0.05, 0.1) is 4.90 Å². The molecule has 3 rings (SSSR count). The summed E-state index contributed by atoms with van der Waals surface area (Å²) >= 11 is 0. The van der Waals surface area contributed by atoms with Crippen molar-refractivity contribution in [1.82, 2.24) is 4.90 Å². The zero-order chi connectivity index (χ0) is 21.0. The van der Waals surface area contributed by atoms with Crippen LogP contribution in [0.4, 0.5) is 5.69 Å². The number of carbonyl (C=O) groups is 2. The fraction of sp³-hybridized carbons (Fsp3) is 0.364. The van der Waals surface area contributed by atoms with Crippen molar-refractivity contribution in [3.63, 3.8) is 0 Å². The van der Waals surface area contributed by atoms with Gasteiger partial charge in [-0.25, -0.2) is 8.42 Å². The lowest BCUT2D eigenvalue weighted by Crippen LogP contribution is -2.38. The highest BCUT2D eigenvalue weighted by Gasteiger charge is 2.23. The number of rotatable bonds is 5. The number of anilines is 1. The first-order chi connectivity index (χ1) is 13.8. The van der Waals surface area contributed by atoms with Gasteiger partial charge in [0, 0.05) is 36.2 Å². The smallest absolute Gasteiger partial charge is 0.255 e. The van der Waals surface area contributed by atoms with E-state index in [9.17, 15) is 18.0 Å². The van der Waals surface area contributed by atoms with Crippen molar-refractivity contribution in [3.8, 4) is 0 Å². The largest absolute Gasteiger partial charge is 0.339 e. The van der Waals surface area contributed by atoms with E-state index in [0.29, 0.717) is 11.3 Å². The Kier molecular flexibility index (Phi) is 6.37. The molecule has 0 unspecified atom stereocenters. The molecule has 2 aromatic rings. The van der Waals surface area contributed by atoms with Crippen molar-refractivity contribution in [2.24, 2.45) is 0 Å². The Balaban J connectivity index is 1.67. The van der Waals surface area contributed by atoms with Crippen molar-refractivity contribution in [3.05, 3.63) is 59.7 Å². The topological polar surface area (TPSA) is 83.6 Å². The molecule has 1 aliphatic carbocycles. The second-order valence-electron chi connectivity index (χ2n) is 7.54. The molecule has 0 aromatic heterocycles. The van der Waals surface area contributed by atoms with E-state index in [-0.39, 0.29) is 22.4 Å². The Bertz CT molecular complexity index is 994. The second kappa shape index (κ2) is 8.78. The number of benzene rings is 2. The van der Waals surface area contributed by atoms with Gasteiger partial charge >= 0.3 is 0 Å². The van der Waals surface area contributed by atoms with Crippen LogP contribution in [0.2, 0.25) is 0 Å². The third kappa shape index (κ3) is 5.23. The second-order valence-corrected chi connectivity index (χ2v) is 9.56. The van der Waals surface area contributed by atoms with Crippen molar-refractivity contribution in [2.45, 2.75) is 43.0 Å². The maximum Gasteiger partial charge on any atom is 0.255 e. The number of nitrogens with zero attached hydrogens (tertiary/aromatic N) is 1. The maximum atomic E-state index is 12.7. The molecule has 1 aliphatic rings. The number of nitrogens with one attached hydrogen (secondary N) is 1. The van der Waals surface area contributed by atoms with Gasteiger partial charge in [0.1, 0.15) is 0 Å². The summed E-state index contributed by atoms with van der Waals surface area (Å²) in [5, 5.41) is 2.74. The molecule has 0 aliphatic heterocycles. The van der Waals surface area contributed by atoms with Crippen LogP contribution >= 0.6 is 0 Å². The first-order valence-corrected chi connectivity index (χ1v) is 11.6. The quantitative estimate of drug-likeness (QED) is 0.808. The Morgan fingerprint density at radius 2 is 1.62 bits per heavy atom. The summed E-state index contributed by atoms with van der Waals surface area (Å²) in [6, 6.07) is 12.9. The standard InChI is InChI=1S/C22H26N2O4S/c1-24(19-8-4-3-5-9-19)22(26)16-11-13-18(14-12-16)23-21(25)17-7-6-10-20(15-17)29(2,27)28/h6-7,10-15,19H,3-5,8-9H2,1-2H3,(H,23,25). The molecule has 0 spiro atoms. The van der Waals surface area contributed by atoms with Crippen LogP contribution in [-0.4, -0.2) is 44.5 Å². The van der Waals surface area contributed by atoms with Gasteiger partial charge < -0.3 is 10.2 Å². The zero-order valence-corrected chi connectivity index (χ0v) is 17.5. The minimum absolute atomic E-state index is 0.0179. The molecule has 7 heteroatoms. The Hall–Kier alpha value is -2.67. The van der Waals surface area contributed by atoms with Crippen LogP contribution in [0.25, 0.3) is 0 Å². The van der Waals surface area contributed by atoms with Gasteiger partial charge in [-0.2, -0.15) is 0 Å². The van der Waals surface area contributed by atoms with Gasteiger partial charge in [-0.15, -0.1) is 0 Å². The van der Waals surface area contributed by atoms with Crippen molar-refractivity contribution in [1.29, 1.82) is 0 Å². The van der Waals surface area contributed by atoms with Crippen LogP contribution in [0.1, 0.15) is 52.8 Å². The monoisotopic (exact) mass is 414 g/mol. The maximum absolute atomic E-state index is 12.7. The lowest BCUT2D eigenvalue weighted by atomic mass is 9.94. The van der Waals surface area contributed by atoms with Crippen LogP contribution in [0.5, 0.6) is 0 Å². The molecule has 0 saturated heterocycles. The summed E-state index contributed by atoms with van der Waals surface area (Å²) in [7, 11) is -1.54. The number of carbonyl (C=O) groups excluding carboxylic acids is 2. The van der Waals surface area contributed by atoms with Gasteiger partial charge in [0.15, 0.2) is 9.84 Å². The summed E-state index contributed by atoms with van der Waals surface area (Å²) in [4.78, 5) is 27.1. The molecule has 0 bridgehead atoms. The molecule has 1 saturated carbocycles. The van der Waals surface area contributed by atoms with Crippen molar-refractivity contribution >= 4 is 27.3 Å². The average Bonchev–Trinajstić information content (AvgIpc) is 2.73. The molecule has 2 amide bonds. The van der Waals surface area contributed by atoms with E-state index < -0.39 is 15.7 Å². The van der Waals surface area contributed by atoms with Crippen LogP contribution < -0.4 is 5.32 Å². The first kappa shape index (κ1) is 21.0. The summed E-state index contributed by atoms with van der Waals surface area (Å²) in [6.07, 6.45) is 6.75. The van der Waals surface area contributed by atoms with Gasteiger partial charge in [-0.3, -0.25) is 9.59 Å². The van der Waals surface area contributed by atoms with Gasteiger partial charge in [0.25, 0.3) is 11.8 Å². The van der Waals surface area contributed by atoms with E-state index in [1.807, 2.05) is 11.9 Å². The van der Waals surface area contributed by atoms with Gasteiger partial charge in [-0.1, -0.05) is 25.3 Å². The summed E-state index contributed by atoms with van der Waals surface area (Å²) in [5.41, 5.74) is 1.37. The van der Waals surface area contributed by atoms with E-state index in [4.69, 9.17) is 0 Å². The van der Waals surface area contributed by atoms with Crippen molar-refractivity contribution in [2.75, 3.05) is 18.6 Å². The summed E-state index contributed by atoms with van der Waals surface area (Å²) in [6.45, 7) is 0. The van der Waals surface area contributed by atoms with E-state index in [0.717, 1.165) is 31.9 Å². The van der Waals surface area contributed by atoms with E-state index in [2.05, 4.69) is 5.32 Å². The molecule has 0 heterocycles. The number of hydrogen-bond acceptors (Lipinski definition) is 4. The molecule has 6 nitrogen and oxygen atoms in total. The van der Waals surface area contributed by atoms with E-state index >= 15 is 0 Å². The molecule has 29 heavy (non-hydrogen) atoms. The molecule has 1 N–H and O–H groups in total. The molecule has 0 radical (unpaired) electrons.